The molecule has 0 fully saturated rings. The van der Waals surface area contributed by atoms with E-state index in [9.17, 15) is 14.4 Å². The highest BCUT2D eigenvalue weighted by Gasteiger charge is 2.39. The third-order valence-corrected chi connectivity index (χ3v) is 5.20. The Bertz CT molecular complexity index is 1240. The molecule has 2 heterocycles. The minimum absolute atomic E-state index is 0.0734. The van der Waals surface area contributed by atoms with Crippen LogP contribution in [0, 0.1) is 13.8 Å². The molecule has 2 N–H and O–H groups in total. The number of rotatable bonds is 6. The molecule has 1 aromatic heterocycles. The Hall–Kier alpha value is -4.26. The van der Waals surface area contributed by atoms with Gasteiger partial charge in [0.15, 0.2) is 0 Å². The summed E-state index contributed by atoms with van der Waals surface area (Å²) in [6.45, 7) is 5.45. The summed E-state index contributed by atoms with van der Waals surface area (Å²) in [6.07, 6.45) is 1.63. The normalized spacial score (nSPS) is 13.5. The predicted octanol–water partition coefficient (Wildman–Crippen LogP) is 4.05. The number of carbonyl (C=O) groups is 3. The van der Waals surface area contributed by atoms with Gasteiger partial charge in [0.05, 0.1) is 17.8 Å². The summed E-state index contributed by atoms with van der Waals surface area (Å²) in [5, 5.41) is 5.90. The van der Waals surface area contributed by atoms with Gasteiger partial charge in [-0.25, -0.2) is 0 Å². The van der Waals surface area contributed by atoms with Crippen molar-refractivity contribution in [2.45, 2.75) is 27.3 Å². The van der Waals surface area contributed by atoms with E-state index in [0.29, 0.717) is 16.9 Å². The van der Waals surface area contributed by atoms with Crippen molar-refractivity contribution < 1.29 is 14.4 Å². The first-order valence-electron chi connectivity index (χ1n) is 10.6. The molecular weight excluding hydrogens is 416 g/mol. The average molecular weight is 441 g/mol. The zero-order chi connectivity index (χ0) is 23.5. The van der Waals surface area contributed by atoms with Crippen LogP contribution in [0.4, 0.5) is 11.4 Å². The van der Waals surface area contributed by atoms with Gasteiger partial charge in [-0.2, -0.15) is 0 Å². The van der Waals surface area contributed by atoms with Gasteiger partial charge in [-0.1, -0.05) is 24.3 Å². The maximum absolute atomic E-state index is 13.4. The fraction of sp³-hybridized carbons (Fsp3) is 0.154. The Labute approximate surface area is 192 Å². The van der Waals surface area contributed by atoms with Crippen LogP contribution in [-0.4, -0.2) is 27.6 Å². The lowest BCUT2D eigenvalue weighted by atomic mass is 10.0. The van der Waals surface area contributed by atoms with Crippen LogP contribution in [0.15, 0.2) is 72.6 Å². The smallest absolute Gasteiger partial charge is 0.278 e. The molecule has 3 aromatic rings. The summed E-state index contributed by atoms with van der Waals surface area (Å²) in [4.78, 5) is 43.6. The van der Waals surface area contributed by atoms with Crippen molar-refractivity contribution in [2.24, 2.45) is 0 Å². The molecule has 7 heteroatoms. The topological polar surface area (TPSA) is 91.4 Å². The van der Waals surface area contributed by atoms with E-state index in [2.05, 4.69) is 15.6 Å². The lowest BCUT2D eigenvalue weighted by molar-refractivity contribution is -0.137. The van der Waals surface area contributed by atoms with E-state index in [-0.39, 0.29) is 23.7 Å². The first-order valence-corrected chi connectivity index (χ1v) is 10.6. The van der Waals surface area contributed by atoms with Crippen molar-refractivity contribution in [1.82, 2.24) is 9.88 Å². The number of amides is 3. The highest BCUT2D eigenvalue weighted by molar-refractivity contribution is 6.36. The fourth-order valence-electron chi connectivity index (χ4n) is 3.87. The minimum Gasteiger partial charge on any atom is -0.350 e. The molecule has 4 rings (SSSR count). The van der Waals surface area contributed by atoms with Gasteiger partial charge in [0, 0.05) is 24.5 Å². The van der Waals surface area contributed by atoms with E-state index in [4.69, 9.17) is 0 Å². The summed E-state index contributed by atoms with van der Waals surface area (Å²) in [5.74, 6) is -0.997. The van der Waals surface area contributed by atoms with Gasteiger partial charge in [-0.15, -0.1) is 0 Å². The van der Waals surface area contributed by atoms with Crippen molar-refractivity contribution in [3.05, 3.63) is 94.9 Å². The Morgan fingerprint density at radius 2 is 1.61 bits per heavy atom. The van der Waals surface area contributed by atoms with Crippen molar-refractivity contribution in [2.75, 3.05) is 10.6 Å². The lowest BCUT2D eigenvalue weighted by Gasteiger charge is -2.15. The second-order valence-electron chi connectivity index (χ2n) is 8.03. The van der Waals surface area contributed by atoms with Crippen molar-refractivity contribution in [1.29, 1.82) is 0 Å². The SMILES string of the molecule is CC(=O)Nc1ccc(C2=C(Nc3cc(C)cc(C)c3)C(=O)N(Cc3ccccn3)C2=O)cc1. The van der Waals surface area contributed by atoms with E-state index in [1.807, 2.05) is 38.1 Å². The number of nitrogens with one attached hydrogen (secondary N) is 2. The van der Waals surface area contributed by atoms with Gasteiger partial charge in [0.2, 0.25) is 5.91 Å². The molecule has 1 aliphatic heterocycles. The predicted molar refractivity (Wildman–Crippen MR) is 127 cm³/mol. The van der Waals surface area contributed by atoms with E-state index in [1.54, 1.807) is 42.6 Å². The fourth-order valence-corrected chi connectivity index (χ4v) is 3.87. The van der Waals surface area contributed by atoms with Crippen LogP contribution in [0.25, 0.3) is 5.57 Å². The zero-order valence-corrected chi connectivity index (χ0v) is 18.7. The molecule has 33 heavy (non-hydrogen) atoms. The summed E-state index contributed by atoms with van der Waals surface area (Å²) in [6, 6.07) is 18.1. The average Bonchev–Trinajstić information content (AvgIpc) is 2.98. The number of pyridine rings is 1. The molecule has 0 radical (unpaired) electrons. The van der Waals surface area contributed by atoms with Crippen LogP contribution in [0.2, 0.25) is 0 Å². The molecule has 0 saturated heterocycles. The Morgan fingerprint density at radius 3 is 2.21 bits per heavy atom. The monoisotopic (exact) mass is 440 g/mol. The maximum atomic E-state index is 13.4. The molecule has 0 saturated carbocycles. The molecular formula is C26H24N4O3. The Morgan fingerprint density at radius 1 is 0.909 bits per heavy atom. The summed E-state index contributed by atoms with van der Waals surface area (Å²) >= 11 is 0. The molecule has 3 amide bonds. The number of hydrogen-bond acceptors (Lipinski definition) is 5. The van der Waals surface area contributed by atoms with Gasteiger partial charge in [-0.05, 0) is 66.9 Å². The van der Waals surface area contributed by atoms with Crippen molar-refractivity contribution in [3.8, 4) is 0 Å². The van der Waals surface area contributed by atoms with Crippen molar-refractivity contribution in [3.63, 3.8) is 0 Å². The molecule has 0 aliphatic carbocycles. The molecule has 7 nitrogen and oxygen atoms in total. The molecule has 2 aromatic carbocycles. The van der Waals surface area contributed by atoms with Crippen LogP contribution in [0.1, 0.15) is 29.3 Å². The summed E-state index contributed by atoms with van der Waals surface area (Å²) in [5.41, 5.74) is 5.12. The minimum atomic E-state index is -0.411. The van der Waals surface area contributed by atoms with E-state index < -0.39 is 11.8 Å². The van der Waals surface area contributed by atoms with E-state index >= 15 is 0 Å². The highest BCUT2D eigenvalue weighted by Crippen LogP contribution is 2.32. The molecule has 0 atom stereocenters. The Kier molecular flexibility index (Phi) is 6.04. The van der Waals surface area contributed by atoms with Gasteiger partial charge in [0.25, 0.3) is 11.8 Å². The number of carbonyl (C=O) groups excluding carboxylic acids is 3. The lowest BCUT2D eigenvalue weighted by Crippen LogP contribution is -2.32. The van der Waals surface area contributed by atoms with Crippen LogP contribution in [0.3, 0.4) is 0 Å². The number of hydrogen-bond donors (Lipinski definition) is 2. The van der Waals surface area contributed by atoms with Crippen LogP contribution in [0.5, 0.6) is 0 Å². The maximum Gasteiger partial charge on any atom is 0.278 e. The number of benzene rings is 2. The number of aryl methyl sites for hydroxylation is 2. The first-order chi connectivity index (χ1) is 15.8. The quantitative estimate of drug-likeness (QED) is 0.565. The Balaban J connectivity index is 1.74. The number of aromatic nitrogens is 1. The largest absolute Gasteiger partial charge is 0.350 e. The highest BCUT2D eigenvalue weighted by atomic mass is 16.2. The van der Waals surface area contributed by atoms with Gasteiger partial charge in [-0.3, -0.25) is 24.3 Å². The van der Waals surface area contributed by atoms with E-state index in [0.717, 1.165) is 16.8 Å². The van der Waals surface area contributed by atoms with Crippen LogP contribution in [-0.2, 0) is 20.9 Å². The summed E-state index contributed by atoms with van der Waals surface area (Å²) in [7, 11) is 0. The van der Waals surface area contributed by atoms with Crippen molar-refractivity contribution >= 4 is 34.7 Å². The van der Waals surface area contributed by atoms with E-state index in [1.165, 1.54) is 11.8 Å². The van der Waals surface area contributed by atoms with Gasteiger partial charge in [0.1, 0.15) is 5.70 Å². The van der Waals surface area contributed by atoms with Gasteiger partial charge >= 0.3 is 0 Å². The third-order valence-electron chi connectivity index (χ3n) is 5.20. The van der Waals surface area contributed by atoms with Gasteiger partial charge < -0.3 is 10.6 Å². The molecule has 166 valence electrons. The number of nitrogens with zero attached hydrogens (tertiary/aromatic N) is 2. The summed E-state index contributed by atoms with van der Waals surface area (Å²) < 4.78 is 0. The molecule has 0 bridgehead atoms. The molecule has 1 aliphatic rings. The molecule has 0 unspecified atom stereocenters. The number of anilines is 2. The third kappa shape index (κ3) is 4.82. The first kappa shape index (κ1) is 22.0. The number of imide groups is 1. The van der Waals surface area contributed by atoms with Crippen LogP contribution >= 0.6 is 0 Å². The second-order valence-corrected chi connectivity index (χ2v) is 8.03. The standard InChI is InChI=1S/C26H24N4O3/c1-16-12-17(2)14-22(13-16)29-24-23(19-7-9-20(10-8-19)28-18(3)31)25(32)30(26(24)33)15-21-6-4-5-11-27-21/h4-14,29H,15H2,1-3H3,(H,28,31). The zero-order valence-electron chi connectivity index (χ0n) is 18.7. The second kappa shape index (κ2) is 9.08. The van der Waals surface area contributed by atoms with Crippen LogP contribution < -0.4 is 10.6 Å². The molecule has 0 spiro atoms.